The Morgan fingerprint density at radius 2 is 1.75 bits per heavy atom. The van der Waals surface area contributed by atoms with Gasteiger partial charge in [-0.15, -0.1) is 0 Å². The fraction of sp³-hybridized carbons (Fsp3) is 1.00. The van der Waals surface area contributed by atoms with Crippen LogP contribution in [0, 0.1) is 0 Å². The summed E-state index contributed by atoms with van der Waals surface area (Å²) in [5, 5.41) is 0. The summed E-state index contributed by atoms with van der Waals surface area (Å²) in [5.41, 5.74) is 0. The Morgan fingerprint density at radius 1 is 1.25 bits per heavy atom. The van der Waals surface area contributed by atoms with Crippen LogP contribution in [0.5, 0.6) is 0 Å². The topological polar surface area (TPSA) is 58.6 Å². The van der Waals surface area contributed by atoms with E-state index in [9.17, 15) is 8.42 Å². The minimum atomic E-state index is -3.42. The molecule has 0 rings (SSSR count). The van der Waals surface area contributed by atoms with Crippen LogP contribution >= 0.6 is 0 Å². The number of hydrogen-bond acceptors (Lipinski definition) is 3. The first-order chi connectivity index (χ1) is 5.58. The lowest BCUT2D eigenvalue weighted by Gasteiger charge is -2.17. The fourth-order valence-electron chi connectivity index (χ4n) is 0.750. The molecule has 6 heteroatoms. The van der Waals surface area contributed by atoms with Crippen LogP contribution in [0.1, 0.15) is 20.8 Å². The third-order valence-electron chi connectivity index (χ3n) is 1.35. The minimum Gasteiger partial charge on any atom is -0.286 e. The molecule has 0 aliphatic carbocycles. The van der Waals surface area contributed by atoms with Gasteiger partial charge in [-0.3, -0.25) is 4.84 Å². The van der Waals surface area contributed by atoms with Gasteiger partial charge in [0.1, 0.15) is 0 Å². The molecule has 0 atom stereocenters. The third-order valence-corrected chi connectivity index (χ3v) is 2.88. The molecule has 0 aliphatic heterocycles. The number of hydrogen-bond donors (Lipinski definition) is 1. The van der Waals surface area contributed by atoms with Crippen molar-refractivity contribution in [2.24, 2.45) is 0 Å². The van der Waals surface area contributed by atoms with E-state index in [4.69, 9.17) is 0 Å². The Morgan fingerprint density at radius 3 is 2.08 bits per heavy atom. The van der Waals surface area contributed by atoms with E-state index in [2.05, 4.69) is 4.84 Å². The second-order valence-corrected chi connectivity index (χ2v) is 3.74. The van der Waals surface area contributed by atoms with Gasteiger partial charge in [-0.05, 0) is 6.92 Å². The van der Waals surface area contributed by atoms with E-state index in [1.165, 1.54) is 4.31 Å². The van der Waals surface area contributed by atoms with Crippen molar-refractivity contribution in [2.75, 3.05) is 19.7 Å². The van der Waals surface area contributed by atoms with Crippen LogP contribution in [-0.2, 0) is 15.0 Å². The molecule has 0 aliphatic rings. The van der Waals surface area contributed by atoms with Crippen molar-refractivity contribution in [3.8, 4) is 0 Å². The van der Waals surface area contributed by atoms with Gasteiger partial charge in [-0.25, -0.2) is 0 Å². The lowest BCUT2D eigenvalue weighted by molar-refractivity contribution is 0.0999. The predicted molar refractivity (Wildman–Crippen MR) is 46.6 cm³/mol. The largest absolute Gasteiger partial charge is 0.301 e. The standard InChI is InChI=1S/C6H16N2O3S/c1-4-8(5-2)12(9,10)7-11-6-3/h7H,4-6H2,1-3H3. The molecule has 0 saturated carbocycles. The SMILES string of the molecule is CCONS(=O)(=O)N(CC)CC. The first-order valence-corrected chi connectivity index (χ1v) is 5.41. The maximum absolute atomic E-state index is 11.2. The molecule has 0 heterocycles. The van der Waals surface area contributed by atoms with E-state index in [1.807, 2.05) is 4.89 Å². The summed E-state index contributed by atoms with van der Waals surface area (Å²) >= 11 is 0. The second-order valence-electron chi connectivity index (χ2n) is 2.11. The van der Waals surface area contributed by atoms with E-state index < -0.39 is 10.2 Å². The van der Waals surface area contributed by atoms with Crippen molar-refractivity contribution in [3.63, 3.8) is 0 Å². The van der Waals surface area contributed by atoms with Crippen LogP contribution in [0.25, 0.3) is 0 Å². The van der Waals surface area contributed by atoms with Crippen molar-refractivity contribution < 1.29 is 13.3 Å². The molecule has 0 saturated heterocycles. The minimum absolute atomic E-state index is 0.320. The Balaban J connectivity index is 4.17. The van der Waals surface area contributed by atoms with Gasteiger partial charge in [0.15, 0.2) is 0 Å². The smallest absolute Gasteiger partial charge is 0.286 e. The molecule has 74 valence electrons. The lowest BCUT2D eigenvalue weighted by Crippen LogP contribution is -2.40. The van der Waals surface area contributed by atoms with Gasteiger partial charge in [-0.2, -0.15) is 12.7 Å². The van der Waals surface area contributed by atoms with Crippen LogP contribution in [0.2, 0.25) is 0 Å². The van der Waals surface area contributed by atoms with Crippen molar-refractivity contribution in [1.29, 1.82) is 0 Å². The zero-order valence-corrected chi connectivity index (χ0v) is 8.52. The lowest BCUT2D eigenvalue weighted by atomic mass is 10.7. The van der Waals surface area contributed by atoms with Crippen LogP contribution in [0.15, 0.2) is 0 Å². The number of nitrogens with one attached hydrogen (secondary N) is 1. The maximum atomic E-state index is 11.2. The van der Waals surface area contributed by atoms with Crippen molar-refractivity contribution in [1.82, 2.24) is 9.19 Å². The predicted octanol–water partition coefficient (Wildman–Crippen LogP) is 0.114. The molecule has 0 aromatic heterocycles. The molecular weight excluding hydrogens is 180 g/mol. The Labute approximate surface area is 73.8 Å². The summed E-state index contributed by atoms with van der Waals surface area (Å²) in [7, 11) is -3.42. The summed E-state index contributed by atoms with van der Waals surface area (Å²) in [6.07, 6.45) is 0. The van der Waals surface area contributed by atoms with E-state index in [0.717, 1.165) is 0 Å². The summed E-state index contributed by atoms with van der Waals surface area (Å²) in [5.74, 6) is 0. The molecule has 1 N–H and O–H groups in total. The second kappa shape index (κ2) is 5.47. The highest BCUT2D eigenvalue weighted by Crippen LogP contribution is 1.95. The monoisotopic (exact) mass is 196 g/mol. The fourth-order valence-corrected chi connectivity index (χ4v) is 1.80. The van der Waals surface area contributed by atoms with E-state index in [0.29, 0.717) is 19.7 Å². The zero-order chi connectivity index (χ0) is 9.61. The van der Waals surface area contributed by atoms with Gasteiger partial charge in [0.2, 0.25) is 0 Å². The molecule has 0 radical (unpaired) electrons. The first kappa shape index (κ1) is 11.8. The van der Waals surface area contributed by atoms with Gasteiger partial charge in [-0.1, -0.05) is 18.7 Å². The number of rotatable bonds is 6. The van der Waals surface area contributed by atoms with Crippen LogP contribution < -0.4 is 4.89 Å². The Hall–Kier alpha value is -0.170. The molecule has 5 nitrogen and oxygen atoms in total. The van der Waals surface area contributed by atoms with E-state index in [-0.39, 0.29) is 0 Å². The third kappa shape index (κ3) is 3.48. The highest BCUT2D eigenvalue weighted by Gasteiger charge is 2.17. The summed E-state index contributed by atoms with van der Waals surface area (Å²) in [6, 6.07) is 0. The quantitative estimate of drug-likeness (QED) is 0.614. The van der Waals surface area contributed by atoms with Crippen LogP contribution in [0.4, 0.5) is 0 Å². The molecule has 0 unspecified atom stereocenters. The Bertz CT molecular complexity index is 199. The molecule has 12 heavy (non-hydrogen) atoms. The van der Waals surface area contributed by atoms with Gasteiger partial charge in [0.25, 0.3) is 0 Å². The van der Waals surface area contributed by atoms with Gasteiger partial charge in [0, 0.05) is 13.1 Å². The molecule has 0 amide bonds. The maximum Gasteiger partial charge on any atom is 0.301 e. The van der Waals surface area contributed by atoms with Gasteiger partial charge in [0.05, 0.1) is 6.61 Å². The molecule has 0 bridgehead atoms. The van der Waals surface area contributed by atoms with Crippen molar-refractivity contribution in [3.05, 3.63) is 0 Å². The van der Waals surface area contributed by atoms with E-state index in [1.54, 1.807) is 20.8 Å². The average Bonchev–Trinajstić information content (AvgIpc) is 2.03. The summed E-state index contributed by atoms with van der Waals surface area (Å²) < 4.78 is 23.8. The molecular formula is C6H16N2O3S. The van der Waals surface area contributed by atoms with Crippen molar-refractivity contribution in [2.45, 2.75) is 20.8 Å². The Kier molecular flexibility index (Phi) is 5.39. The van der Waals surface area contributed by atoms with Crippen LogP contribution in [0.3, 0.4) is 0 Å². The molecule has 0 aromatic carbocycles. The highest BCUT2D eigenvalue weighted by atomic mass is 32.2. The molecule has 0 fully saturated rings. The van der Waals surface area contributed by atoms with Crippen LogP contribution in [-0.4, -0.2) is 32.4 Å². The molecule has 0 aromatic rings. The first-order valence-electron chi connectivity index (χ1n) is 3.97. The molecule has 0 spiro atoms. The summed E-state index contributed by atoms with van der Waals surface area (Å²) in [6.45, 7) is 6.46. The number of nitrogens with zero attached hydrogens (tertiary/aromatic N) is 1. The zero-order valence-electron chi connectivity index (χ0n) is 7.70. The summed E-state index contributed by atoms with van der Waals surface area (Å²) in [4.78, 5) is 6.61. The van der Waals surface area contributed by atoms with Gasteiger partial charge < -0.3 is 0 Å². The van der Waals surface area contributed by atoms with E-state index >= 15 is 0 Å². The average molecular weight is 196 g/mol. The highest BCUT2D eigenvalue weighted by molar-refractivity contribution is 7.87. The van der Waals surface area contributed by atoms with Crippen molar-refractivity contribution >= 4 is 10.2 Å². The normalized spacial score (nSPS) is 12.3. The van der Waals surface area contributed by atoms with Gasteiger partial charge >= 0.3 is 10.2 Å².